The van der Waals surface area contributed by atoms with E-state index in [1.54, 1.807) is 6.92 Å². The lowest BCUT2D eigenvalue weighted by Gasteiger charge is -2.30. The fourth-order valence-electron chi connectivity index (χ4n) is 1.86. The average Bonchev–Trinajstić information content (AvgIpc) is 2.67. The number of amides is 1. The molecule has 1 unspecified atom stereocenters. The first-order valence-corrected chi connectivity index (χ1v) is 6.38. The van der Waals surface area contributed by atoms with Gasteiger partial charge in [0.25, 0.3) is 5.91 Å². The van der Waals surface area contributed by atoms with Crippen molar-refractivity contribution in [3.8, 4) is 0 Å². The molecule has 1 saturated heterocycles. The van der Waals surface area contributed by atoms with E-state index in [1.165, 1.54) is 16.2 Å². The van der Waals surface area contributed by atoms with Gasteiger partial charge in [0, 0.05) is 6.54 Å². The zero-order chi connectivity index (χ0) is 13.3. The first-order chi connectivity index (χ1) is 8.49. The zero-order valence-electron chi connectivity index (χ0n) is 10.2. The average molecular weight is 270 g/mol. The quantitative estimate of drug-likeness (QED) is 0.855. The van der Waals surface area contributed by atoms with E-state index >= 15 is 0 Å². The number of carbonyl (C=O) groups is 2. The number of carbonyl (C=O) groups excluding carboxylic acids is 1. The van der Waals surface area contributed by atoms with Crippen LogP contribution in [-0.2, 0) is 9.53 Å². The Morgan fingerprint density at radius 1 is 1.50 bits per heavy atom. The Bertz CT molecular complexity index is 485. The van der Waals surface area contributed by atoms with Crippen LogP contribution >= 0.6 is 11.3 Å². The van der Waals surface area contributed by atoms with Crippen LogP contribution in [0.3, 0.4) is 0 Å². The number of aromatic nitrogens is 1. The lowest BCUT2D eigenvalue weighted by Crippen LogP contribution is -2.48. The van der Waals surface area contributed by atoms with Crippen molar-refractivity contribution >= 4 is 23.2 Å². The van der Waals surface area contributed by atoms with Crippen molar-refractivity contribution in [2.24, 2.45) is 0 Å². The van der Waals surface area contributed by atoms with Gasteiger partial charge in [-0.05, 0) is 13.8 Å². The summed E-state index contributed by atoms with van der Waals surface area (Å²) >= 11 is 1.34. The maximum Gasteiger partial charge on any atom is 0.334 e. The van der Waals surface area contributed by atoms with Crippen LogP contribution in [0.4, 0.5) is 0 Å². The van der Waals surface area contributed by atoms with E-state index in [-0.39, 0.29) is 19.1 Å². The number of rotatable bonds is 2. The Balaban J connectivity index is 2.14. The van der Waals surface area contributed by atoms with E-state index in [9.17, 15) is 9.59 Å². The standard InChI is InChI=1S/C11H14N2O4S/c1-6-9(18-7(2)12-6)10(14)13-3-4-17-8(5-13)11(15)16/h8H,3-5H2,1-2H3,(H,15,16). The van der Waals surface area contributed by atoms with Crippen LogP contribution in [-0.4, -0.2) is 52.7 Å². The topological polar surface area (TPSA) is 79.7 Å². The smallest absolute Gasteiger partial charge is 0.334 e. The second-order valence-corrected chi connectivity index (χ2v) is 5.30. The maximum absolute atomic E-state index is 12.2. The van der Waals surface area contributed by atoms with E-state index in [0.29, 0.717) is 17.1 Å². The van der Waals surface area contributed by atoms with E-state index in [0.717, 1.165) is 5.01 Å². The van der Waals surface area contributed by atoms with Crippen LogP contribution in [0.2, 0.25) is 0 Å². The van der Waals surface area contributed by atoms with Crippen LogP contribution in [0.5, 0.6) is 0 Å². The third-order valence-electron chi connectivity index (χ3n) is 2.73. The molecule has 0 bridgehead atoms. The molecule has 0 spiro atoms. The lowest BCUT2D eigenvalue weighted by molar-refractivity contribution is -0.154. The highest BCUT2D eigenvalue weighted by atomic mass is 32.1. The first-order valence-electron chi connectivity index (χ1n) is 5.56. The molecule has 1 aromatic rings. The van der Waals surface area contributed by atoms with Gasteiger partial charge >= 0.3 is 5.97 Å². The Hall–Kier alpha value is -1.47. The molecule has 1 N–H and O–H groups in total. The summed E-state index contributed by atoms with van der Waals surface area (Å²) in [7, 11) is 0. The third-order valence-corrected chi connectivity index (χ3v) is 3.79. The van der Waals surface area contributed by atoms with Crippen LogP contribution in [0.25, 0.3) is 0 Å². The van der Waals surface area contributed by atoms with Gasteiger partial charge in [-0.15, -0.1) is 11.3 Å². The second kappa shape index (κ2) is 5.03. The molecule has 7 heteroatoms. The number of aliphatic carboxylic acids is 1. The van der Waals surface area contributed by atoms with Gasteiger partial charge in [0.05, 0.1) is 23.9 Å². The molecule has 1 amide bonds. The summed E-state index contributed by atoms with van der Waals surface area (Å²) in [5.41, 5.74) is 0.695. The molecular weight excluding hydrogens is 256 g/mol. The van der Waals surface area contributed by atoms with Crippen molar-refractivity contribution in [2.75, 3.05) is 19.7 Å². The predicted octanol–water partition coefficient (Wildman–Crippen LogP) is 0.686. The summed E-state index contributed by atoms with van der Waals surface area (Å²) in [5, 5.41) is 9.73. The SMILES string of the molecule is Cc1nc(C)c(C(=O)N2CCOC(C(=O)O)C2)s1. The van der Waals surface area contributed by atoms with Crippen LogP contribution in [0.15, 0.2) is 0 Å². The monoisotopic (exact) mass is 270 g/mol. The molecule has 0 aliphatic carbocycles. The van der Waals surface area contributed by atoms with E-state index in [4.69, 9.17) is 9.84 Å². The minimum absolute atomic E-state index is 0.0879. The summed E-state index contributed by atoms with van der Waals surface area (Å²) in [5.74, 6) is -1.20. The van der Waals surface area contributed by atoms with Crippen molar-refractivity contribution in [2.45, 2.75) is 20.0 Å². The van der Waals surface area contributed by atoms with Crippen LogP contribution in [0.1, 0.15) is 20.4 Å². The van der Waals surface area contributed by atoms with Gasteiger partial charge in [-0.2, -0.15) is 0 Å². The summed E-state index contributed by atoms with van der Waals surface area (Å²) in [4.78, 5) is 29.4. The third kappa shape index (κ3) is 2.51. The Labute approximate surface area is 108 Å². The van der Waals surface area contributed by atoms with Crippen molar-refractivity contribution in [1.29, 1.82) is 0 Å². The zero-order valence-corrected chi connectivity index (χ0v) is 11.0. The summed E-state index contributed by atoms with van der Waals surface area (Å²) in [6.07, 6.45) is -0.933. The lowest BCUT2D eigenvalue weighted by atomic mass is 10.2. The summed E-state index contributed by atoms with van der Waals surface area (Å²) < 4.78 is 5.09. The van der Waals surface area contributed by atoms with Crippen molar-refractivity contribution in [3.05, 3.63) is 15.6 Å². The van der Waals surface area contributed by atoms with Gasteiger partial charge in [0.2, 0.25) is 0 Å². The number of hydrogen-bond acceptors (Lipinski definition) is 5. The number of carboxylic acid groups (broad SMARTS) is 1. The maximum atomic E-state index is 12.2. The number of aryl methyl sites for hydroxylation is 2. The Kier molecular flexibility index (Phi) is 3.63. The molecule has 18 heavy (non-hydrogen) atoms. The Morgan fingerprint density at radius 3 is 2.78 bits per heavy atom. The molecule has 1 aliphatic heterocycles. The fourth-order valence-corrected chi connectivity index (χ4v) is 2.74. The molecule has 0 radical (unpaired) electrons. The highest BCUT2D eigenvalue weighted by Crippen LogP contribution is 2.20. The van der Waals surface area contributed by atoms with Gasteiger partial charge in [-0.25, -0.2) is 9.78 Å². The first kappa shape index (κ1) is 13.0. The minimum Gasteiger partial charge on any atom is -0.479 e. The molecule has 0 saturated carbocycles. The number of nitrogens with zero attached hydrogens (tertiary/aromatic N) is 2. The van der Waals surface area contributed by atoms with E-state index in [1.807, 2.05) is 6.92 Å². The van der Waals surface area contributed by atoms with Gasteiger partial charge in [-0.1, -0.05) is 0 Å². The van der Waals surface area contributed by atoms with Gasteiger partial charge in [0.1, 0.15) is 4.88 Å². The molecule has 1 atom stereocenters. The van der Waals surface area contributed by atoms with Crippen LogP contribution < -0.4 is 0 Å². The molecule has 1 aliphatic rings. The molecule has 2 heterocycles. The number of hydrogen-bond donors (Lipinski definition) is 1. The molecule has 1 aromatic heterocycles. The van der Waals surface area contributed by atoms with Gasteiger partial charge in [-0.3, -0.25) is 4.79 Å². The number of thiazole rings is 1. The second-order valence-electron chi connectivity index (χ2n) is 4.10. The number of morpholine rings is 1. The van der Waals surface area contributed by atoms with E-state index < -0.39 is 12.1 Å². The van der Waals surface area contributed by atoms with Crippen molar-refractivity contribution in [1.82, 2.24) is 9.88 Å². The number of ether oxygens (including phenoxy) is 1. The molecular formula is C11H14N2O4S. The number of carboxylic acids is 1. The fraction of sp³-hybridized carbons (Fsp3) is 0.545. The Morgan fingerprint density at radius 2 is 2.22 bits per heavy atom. The molecule has 2 rings (SSSR count). The predicted molar refractivity (Wildman–Crippen MR) is 64.9 cm³/mol. The molecule has 1 fully saturated rings. The normalized spacial score (nSPS) is 19.9. The largest absolute Gasteiger partial charge is 0.479 e. The van der Waals surface area contributed by atoms with E-state index in [2.05, 4.69) is 4.98 Å². The van der Waals surface area contributed by atoms with Crippen LogP contribution in [0, 0.1) is 13.8 Å². The summed E-state index contributed by atoms with van der Waals surface area (Å²) in [6, 6.07) is 0. The molecule has 0 aromatic carbocycles. The van der Waals surface area contributed by atoms with Crippen molar-refractivity contribution < 1.29 is 19.4 Å². The molecule has 98 valence electrons. The highest BCUT2D eigenvalue weighted by Gasteiger charge is 2.30. The van der Waals surface area contributed by atoms with Crippen molar-refractivity contribution in [3.63, 3.8) is 0 Å². The highest BCUT2D eigenvalue weighted by molar-refractivity contribution is 7.13. The summed E-state index contributed by atoms with van der Waals surface area (Å²) in [6.45, 7) is 4.38. The minimum atomic E-state index is -1.04. The van der Waals surface area contributed by atoms with Gasteiger partial charge < -0.3 is 14.7 Å². The molecule has 6 nitrogen and oxygen atoms in total. The van der Waals surface area contributed by atoms with Gasteiger partial charge in [0.15, 0.2) is 6.10 Å².